The van der Waals surface area contributed by atoms with Gasteiger partial charge in [-0.1, -0.05) is 25.1 Å². The third-order valence-corrected chi connectivity index (χ3v) is 7.07. The molecule has 0 radical (unpaired) electrons. The number of carbonyl (C=O) groups excluding carboxylic acids is 1. The van der Waals surface area contributed by atoms with E-state index < -0.39 is 21.3 Å². The van der Waals surface area contributed by atoms with Crippen LogP contribution in [0.1, 0.15) is 25.3 Å². The molecule has 1 heterocycles. The molecule has 0 spiro atoms. The number of benzene rings is 2. The van der Waals surface area contributed by atoms with Gasteiger partial charge in [-0.05, 0) is 48.7 Å². The maximum Gasteiger partial charge on any atom is 0.243 e. The lowest BCUT2D eigenvalue weighted by Gasteiger charge is -2.37. The predicted molar refractivity (Wildman–Crippen MR) is 101 cm³/mol. The maximum absolute atomic E-state index is 13.4. The van der Waals surface area contributed by atoms with Gasteiger partial charge in [0.15, 0.2) is 0 Å². The topological polar surface area (TPSA) is 66.5 Å². The lowest BCUT2D eigenvalue weighted by molar-refractivity contribution is -0.132. The molecule has 1 saturated heterocycles. The smallest absolute Gasteiger partial charge is 0.243 e. The molecule has 1 N–H and O–H groups in total. The third kappa shape index (κ3) is 4.39. The minimum Gasteiger partial charge on any atom is -0.352 e. The highest BCUT2D eigenvalue weighted by Crippen LogP contribution is 2.33. The maximum atomic E-state index is 13.4. The molecule has 0 aromatic heterocycles. The Kier molecular flexibility index (Phi) is 5.81. The number of rotatable bonds is 5. The van der Waals surface area contributed by atoms with Crippen molar-refractivity contribution >= 4 is 15.9 Å². The Hall–Kier alpha value is -2.32. The highest BCUT2D eigenvalue weighted by Gasteiger charge is 2.40. The van der Waals surface area contributed by atoms with Gasteiger partial charge >= 0.3 is 0 Å². The molecule has 2 aromatic rings. The van der Waals surface area contributed by atoms with Crippen molar-refractivity contribution in [1.29, 1.82) is 0 Å². The number of nitrogens with one attached hydrogen (secondary N) is 1. The first-order chi connectivity index (χ1) is 13.2. The summed E-state index contributed by atoms with van der Waals surface area (Å²) in [6.45, 7) is 2.44. The van der Waals surface area contributed by atoms with Crippen LogP contribution in [0.5, 0.6) is 0 Å². The van der Waals surface area contributed by atoms with Crippen molar-refractivity contribution in [2.24, 2.45) is 5.41 Å². The summed E-state index contributed by atoms with van der Waals surface area (Å²) in [5.41, 5.74) is 0.0815. The van der Waals surface area contributed by atoms with Gasteiger partial charge in [0.2, 0.25) is 15.9 Å². The van der Waals surface area contributed by atoms with Gasteiger partial charge in [0.05, 0.1) is 4.90 Å². The number of amides is 1. The molecule has 1 fully saturated rings. The summed E-state index contributed by atoms with van der Waals surface area (Å²) < 4.78 is 53.0. The standard InChI is InChI=1S/C20H22F2N2O3S/c1-20(19(25)23-14-15-5-7-16(21)8-6-15)9-11-24(12-10-20)28(26,27)18-4-2-3-17(22)13-18/h2-8,13H,9-12,14H2,1H3,(H,23,25). The summed E-state index contributed by atoms with van der Waals surface area (Å²) in [5.74, 6) is -1.11. The fraction of sp³-hybridized carbons (Fsp3) is 0.350. The van der Waals surface area contributed by atoms with Crippen LogP contribution >= 0.6 is 0 Å². The Morgan fingerprint density at radius 3 is 2.32 bits per heavy atom. The Morgan fingerprint density at radius 2 is 1.71 bits per heavy atom. The third-order valence-electron chi connectivity index (χ3n) is 5.17. The number of carbonyl (C=O) groups is 1. The quantitative estimate of drug-likeness (QED) is 0.827. The van der Waals surface area contributed by atoms with Crippen LogP contribution in [0.2, 0.25) is 0 Å². The van der Waals surface area contributed by atoms with Crippen molar-refractivity contribution < 1.29 is 22.0 Å². The number of hydrogen-bond acceptors (Lipinski definition) is 3. The summed E-state index contributed by atoms with van der Waals surface area (Å²) in [6, 6.07) is 10.8. The van der Waals surface area contributed by atoms with Crippen molar-refractivity contribution in [3.8, 4) is 0 Å². The second kappa shape index (κ2) is 7.97. The summed E-state index contributed by atoms with van der Waals surface area (Å²) in [5, 5.41) is 2.84. The second-order valence-electron chi connectivity index (χ2n) is 7.23. The van der Waals surface area contributed by atoms with Crippen molar-refractivity contribution in [3.63, 3.8) is 0 Å². The van der Waals surface area contributed by atoms with Gasteiger partial charge in [-0.2, -0.15) is 4.31 Å². The van der Waals surface area contributed by atoms with Crippen molar-refractivity contribution in [2.75, 3.05) is 13.1 Å². The Balaban J connectivity index is 1.61. The average molecular weight is 408 g/mol. The highest BCUT2D eigenvalue weighted by atomic mass is 32.2. The number of sulfonamides is 1. The predicted octanol–water partition coefficient (Wildman–Crippen LogP) is 3.07. The molecule has 28 heavy (non-hydrogen) atoms. The summed E-state index contributed by atoms with van der Waals surface area (Å²) in [7, 11) is -3.79. The molecule has 0 bridgehead atoms. The van der Waals surface area contributed by atoms with E-state index in [4.69, 9.17) is 0 Å². The zero-order valence-corrected chi connectivity index (χ0v) is 16.3. The number of hydrogen-bond donors (Lipinski definition) is 1. The van der Waals surface area contributed by atoms with Crippen molar-refractivity contribution in [3.05, 3.63) is 65.7 Å². The van der Waals surface area contributed by atoms with E-state index in [-0.39, 0.29) is 36.3 Å². The molecule has 150 valence electrons. The van der Waals surface area contributed by atoms with Crippen LogP contribution in [-0.4, -0.2) is 31.7 Å². The van der Waals surface area contributed by atoms with Gasteiger partial charge in [0.25, 0.3) is 0 Å². The molecule has 1 amide bonds. The molecule has 3 rings (SSSR count). The average Bonchev–Trinajstić information content (AvgIpc) is 2.67. The molecule has 0 unspecified atom stereocenters. The van der Waals surface area contributed by atoms with Crippen LogP contribution in [0, 0.1) is 17.0 Å². The monoisotopic (exact) mass is 408 g/mol. The fourth-order valence-corrected chi connectivity index (χ4v) is 4.70. The van der Waals surface area contributed by atoms with Crippen LogP contribution < -0.4 is 5.32 Å². The zero-order chi connectivity index (χ0) is 20.4. The van der Waals surface area contributed by atoms with Crippen LogP contribution in [0.15, 0.2) is 53.4 Å². The molecule has 1 aliphatic rings. The van der Waals surface area contributed by atoms with E-state index in [0.29, 0.717) is 12.8 Å². The van der Waals surface area contributed by atoms with E-state index in [0.717, 1.165) is 11.6 Å². The van der Waals surface area contributed by atoms with E-state index in [9.17, 15) is 22.0 Å². The molecular weight excluding hydrogens is 386 g/mol. The number of piperidine rings is 1. The molecule has 5 nitrogen and oxygen atoms in total. The highest BCUT2D eigenvalue weighted by molar-refractivity contribution is 7.89. The minimum atomic E-state index is -3.79. The molecule has 0 saturated carbocycles. The summed E-state index contributed by atoms with van der Waals surface area (Å²) >= 11 is 0. The van der Waals surface area contributed by atoms with Crippen molar-refractivity contribution in [1.82, 2.24) is 9.62 Å². The zero-order valence-electron chi connectivity index (χ0n) is 15.5. The Bertz CT molecular complexity index is 954. The van der Waals surface area contributed by atoms with E-state index in [1.807, 2.05) is 0 Å². The molecule has 8 heteroatoms. The van der Waals surface area contributed by atoms with Crippen molar-refractivity contribution in [2.45, 2.75) is 31.2 Å². The normalized spacial score (nSPS) is 17.2. The van der Waals surface area contributed by atoms with E-state index in [1.54, 1.807) is 19.1 Å². The molecule has 0 aliphatic carbocycles. The van der Waals surface area contributed by atoms with Crippen LogP contribution in [-0.2, 0) is 21.4 Å². The SMILES string of the molecule is CC1(C(=O)NCc2ccc(F)cc2)CCN(S(=O)(=O)c2cccc(F)c2)CC1. The molecule has 1 aliphatic heterocycles. The van der Waals surface area contributed by atoms with E-state index in [1.165, 1.54) is 34.6 Å². The molecule has 2 aromatic carbocycles. The Morgan fingerprint density at radius 1 is 1.07 bits per heavy atom. The van der Waals surface area contributed by atoms with E-state index in [2.05, 4.69) is 5.32 Å². The van der Waals surface area contributed by atoms with Crippen LogP contribution in [0.25, 0.3) is 0 Å². The Labute approximate surface area is 163 Å². The van der Waals surface area contributed by atoms with Gasteiger partial charge in [0, 0.05) is 25.0 Å². The van der Waals surface area contributed by atoms with Gasteiger partial charge < -0.3 is 5.32 Å². The van der Waals surface area contributed by atoms with Gasteiger partial charge in [-0.15, -0.1) is 0 Å². The minimum absolute atomic E-state index is 0.0862. The van der Waals surface area contributed by atoms with Gasteiger partial charge in [0.1, 0.15) is 11.6 Å². The van der Waals surface area contributed by atoms with Gasteiger partial charge in [-0.25, -0.2) is 17.2 Å². The summed E-state index contributed by atoms with van der Waals surface area (Å²) in [4.78, 5) is 12.5. The molecule has 0 atom stereocenters. The first-order valence-electron chi connectivity index (χ1n) is 8.99. The van der Waals surface area contributed by atoms with Gasteiger partial charge in [-0.3, -0.25) is 4.79 Å². The molecular formula is C20H22F2N2O3S. The number of halogens is 2. The van der Waals surface area contributed by atoms with E-state index >= 15 is 0 Å². The lowest BCUT2D eigenvalue weighted by Crippen LogP contribution is -2.48. The van der Waals surface area contributed by atoms with Crippen LogP contribution in [0.3, 0.4) is 0 Å². The largest absolute Gasteiger partial charge is 0.352 e. The first kappa shape index (κ1) is 20.4. The number of nitrogens with zero attached hydrogens (tertiary/aromatic N) is 1. The lowest BCUT2D eigenvalue weighted by atomic mass is 9.80. The summed E-state index contributed by atoms with van der Waals surface area (Å²) in [6.07, 6.45) is 0.716. The first-order valence-corrected chi connectivity index (χ1v) is 10.4. The second-order valence-corrected chi connectivity index (χ2v) is 9.17. The fourth-order valence-electron chi connectivity index (χ4n) is 3.22. The van der Waals surface area contributed by atoms with Crippen LogP contribution in [0.4, 0.5) is 8.78 Å².